The third-order valence-electron chi connectivity index (χ3n) is 4.74. The van der Waals surface area contributed by atoms with Crippen molar-refractivity contribution in [2.45, 2.75) is 45.1 Å². The SMILES string of the molecule is CC(C)C1(C(=O)NC2(CO)CCC2)CCNC1. The van der Waals surface area contributed by atoms with Gasteiger partial charge in [0.1, 0.15) is 0 Å². The maximum absolute atomic E-state index is 12.5. The maximum Gasteiger partial charge on any atom is 0.228 e. The van der Waals surface area contributed by atoms with Crippen molar-refractivity contribution in [1.29, 1.82) is 0 Å². The summed E-state index contributed by atoms with van der Waals surface area (Å²) >= 11 is 0. The van der Waals surface area contributed by atoms with Crippen LogP contribution in [0.4, 0.5) is 0 Å². The second-order valence-electron chi connectivity index (χ2n) is 5.98. The van der Waals surface area contributed by atoms with Crippen LogP contribution in [0.15, 0.2) is 0 Å². The molecule has 0 radical (unpaired) electrons. The van der Waals surface area contributed by atoms with Crippen LogP contribution in [-0.4, -0.2) is 36.2 Å². The van der Waals surface area contributed by atoms with Crippen molar-refractivity contribution in [2.75, 3.05) is 19.7 Å². The van der Waals surface area contributed by atoms with Crippen LogP contribution in [0.1, 0.15) is 39.5 Å². The van der Waals surface area contributed by atoms with Crippen LogP contribution in [0.2, 0.25) is 0 Å². The summed E-state index contributed by atoms with van der Waals surface area (Å²) in [5, 5.41) is 15.8. The van der Waals surface area contributed by atoms with Crippen molar-refractivity contribution in [3.8, 4) is 0 Å². The van der Waals surface area contributed by atoms with Gasteiger partial charge in [-0.05, 0) is 38.1 Å². The van der Waals surface area contributed by atoms with Gasteiger partial charge in [0.25, 0.3) is 0 Å². The molecular formula is C13H24N2O2. The molecule has 0 aromatic carbocycles. The lowest BCUT2D eigenvalue weighted by Crippen LogP contribution is -2.60. The Hall–Kier alpha value is -0.610. The van der Waals surface area contributed by atoms with Crippen LogP contribution in [0, 0.1) is 11.3 Å². The second kappa shape index (κ2) is 4.58. The number of hydrogen-bond donors (Lipinski definition) is 3. The highest BCUT2D eigenvalue weighted by molar-refractivity contribution is 5.84. The molecule has 2 fully saturated rings. The molecule has 98 valence electrons. The molecule has 17 heavy (non-hydrogen) atoms. The van der Waals surface area contributed by atoms with Gasteiger partial charge in [0.15, 0.2) is 0 Å². The third-order valence-corrected chi connectivity index (χ3v) is 4.74. The van der Waals surface area contributed by atoms with Crippen LogP contribution in [0.25, 0.3) is 0 Å². The van der Waals surface area contributed by atoms with Gasteiger partial charge in [-0.25, -0.2) is 0 Å². The van der Waals surface area contributed by atoms with E-state index in [-0.39, 0.29) is 23.5 Å². The molecule has 1 heterocycles. The average Bonchev–Trinajstić information content (AvgIpc) is 2.73. The van der Waals surface area contributed by atoms with Gasteiger partial charge in [-0.2, -0.15) is 0 Å². The Kier molecular flexibility index (Phi) is 3.46. The number of carbonyl (C=O) groups excluding carboxylic acids is 1. The van der Waals surface area contributed by atoms with Crippen LogP contribution in [-0.2, 0) is 4.79 Å². The highest BCUT2D eigenvalue weighted by Gasteiger charge is 2.47. The van der Waals surface area contributed by atoms with E-state index in [1.807, 2.05) is 0 Å². The highest BCUT2D eigenvalue weighted by Crippen LogP contribution is 2.37. The topological polar surface area (TPSA) is 61.4 Å². The quantitative estimate of drug-likeness (QED) is 0.676. The Morgan fingerprint density at radius 1 is 1.41 bits per heavy atom. The number of rotatable bonds is 4. The molecule has 4 heteroatoms. The molecule has 0 bridgehead atoms. The number of carbonyl (C=O) groups is 1. The van der Waals surface area contributed by atoms with Gasteiger partial charge in [0.05, 0.1) is 17.6 Å². The van der Waals surface area contributed by atoms with Crippen LogP contribution < -0.4 is 10.6 Å². The van der Waals surface area contributed by atoms with Gasteiger partial charge in [0.2, 0.25) is 5.91 Å². The van der Waals surface area contributed by atoms with Crippen LogP contribution in [0.3, 0.4) is 0 Å². The van der Waals surface area contributed by atoms with E-state index in [4.69, 9.17) is 0 Å². The van der Waals surface area contributed by atoms with Gasteiger partial charge < -0.3 is 15.7 Å². The Bertz CT molecular complexity index is 286. The predicted molar refractivity (Wildman–Crippen MR) is 66.6 cm³/mol. The molecule has 0 spiro atoms. The van der Waals surface area contributed by atoms with E-state index in [0.29, 0.717) is 5.92 Å². The monoisotopic (exact) mass is 240 g/mol. The standard InChI is InChI=1S/C13H24N2O2/c1-10(2)13(6-7-14-8-13)11(17)15-12(9-16)4-3-5-12/h10,14,16H,3-9H2,1-2H3,(H,15,17). The summed E-state index contributed by atoms with van der Waals surface area (Å²) in [6.07, 6.45) is 3.83. The molecule has 2 rings (SSSR count). The lowest BCUT2D eigenvalue weighted by molar-refractivity contribution is -0.136. The summed E-state index contributed by atoms with van der Waals surface area (Å²) in [5.41, 5.74) is -0.598. The fraction of sp³-hybridized carbons (Fsp3) is 0.923. The molecule has 4 nitrogen and oxygen atoms in total. The van der Waals surface area contributed by atoms with E-state index in [1.54, 1.807) is 0 Å². The van der Waals surface area contributed by atoms with E-state index in [2.05, 4.69) is 24.5 Å². The minimum absolute atomic E-state index is 0.0698. The third kappa shape index (κ3) is 2.08. The summed E-state index contributed by atoms with van der Waals surface area (Å²) in [6, 6.07) is 0. The zero-order valence-corrected chi connectivity index (χ0v) is 10.9. The Morgan fingerprint density at radius 2 is 2.12 bits per heavy atom. The molecule has 2 aliphatic rings. The summed E-state index contributed by atoms with van der Waals surface area (Å²) in [5.74, 6) is 0.458. The van der Waals surface area contributed by atoms with Gasteiger partial charge in [0, 0.05) is 6.54 Å². The summed E-state index contributed by atoms with van der Waals surface area (Å²) in [7, 11) is 0. The first-order chi connectivity index (χ1) is 8.05. The fourth-order valence-electron chi connectivity index (χ4n) is 2.95. The highest BCUT2D eigenvalue weighted by atomic mass is 16.3. The van der Waals surface area contributed by atoms with Crippen molar-refractivity contribution in [3.05, 3.63) is 0 Å². The normalized spacial score (nSPS) is 31.3. The molecular weight excluding hydrogens is 216 g/mol. The zero-order chi connectivity index (χ0) is 12.5. The number of aliphatic hydroxyl groups is 1. The molecule has 1 aliphatic carbocycles. The van der Waals surface area contributed by atoms with E-state index >= 15 is 0 Å². The largest absolute Gasteiger partial charge is 0.394 e. The smallest absolute Gasteiger partial charge is 0.228 e. The zero-order valence-electron chi connectivity index (χ0n) is 10.9. The fourth-order valence-corrected chi connectivity index (χ4v) is 2.95. The van der Waals surface area contributed by atoms with Crippen LogP contribution >= 0.6 is 0 Å². The maximum atomic E-state index is 12.5. The van der Waals surface area contributed by atoms with Gasteiger partial charge in [-0.15, -0.1) is 0 Å². The summed E-state index contributed by atoms with van der Waals surface area (Å²) in [6.45, 7) is 5.97. The average molecular weight is 240 g/mol. The Labute approximate surface area is 103 Å². The molecule has 1 aliphatic heterocycles. The van der Waals surface area contributed by atoms with Gasteiger partial charge in [-0.1, -0.05) is 13.8 Å². The molecule has 1 saturated carbocycles. The Balaban J connectivity index is 2.07. The molecule has 0 aromatic heterocycles. The Morgan fingerprint density at radius 3 is 2.47 bits per heavy atom. The first kappa shape index (κ1) is 12.8. The van der Waals surface area contributed by atoms with E-state index < -0.39 is 0 Å². The molecule has 0 aromatic rings. The molecule has 1 atom stereocenters. The van der Waals surface area contributed by atoms with Gasteiger partial charge in [-0.3, -0.25) is 4.79 Å². The number of hydrogen-bond acceptors (Lipinski definition) is 3. The van der Waals surface area contributed by atoms with E-state index in [0.717, 1.165) is 38.8 Å². The minimum Gasteiger partial charge on any atom is -0.394 e. The lowest BCUT2D eigenvalue weighted by atomic mass is 9.72. The minimum atomic E-state index is -0.318. The summed E-state index contributed by atoms with van der Waals surface area (Å²) < 4.78 is 0. The van der Waals surface area contributed by atoms with Crippen molar-refractivity contribution in [3.63, 3.8) is 0 Å². The predicted octanol–water partition coefficient (Wildman–Crippen LogP) is 0.653. The van der Waals surface area contributed by atoms with Gasteiger partial charge >= 0.3 is 0 Å². The van der Waals surface area contributed by atoms with Crippen molar-refractivity contribution in [1.82, 2.24) is 10.6 Å². The van der Waals surface area contributed by atoms with E-state index in [1.165, 1.54) is 0 Å². The molecule has 1 amide bonds. The number of aliphatic hydroxyl groups excluding tert-OH is 1. The second-order valence-corrected chi connectivity index (χ2v) is 5.98. The van der Waals surface area contributed by atoms with Crippen molar-refractivity contribution < 1.29 is 9.90 Å². The number of nitrogens with one attached hydrogen (secondary N) is 2. The first-order valence-electron chi connectivity index (χ1n) is 6.69. The van der Waals surface area contributed by atoms with E-state index in [9.17, 15) is 9.90 Å². The summed E-state index contributed by atoms with van der Waals surface area (Å²) in [4.78, 5) is 12.5. The first-order valence-corrected chi connectivity index (χ1v) is 6.69. The molecule has 1 unspecified atom stereocenters. The molecule has 1 saturated heterocycles. The van der Waals surface area contributed by atoms with Crippen molar-refractivity contribution >= 4 is 5.91 Å². The molecule has 3 N–H and O–H groups in total. The lowest BCUT2D eigenvalue weighted by Gasteiger charge is -2.44. The number of amides is 1. The van der Waals surface area contributed by atoms with Crippen molar-refractivity contribution in [2.24, 2.45) is 11.3 Å². The van der Waals surface area contributed by atoms with Crippen LogP contribution in [0.5, 0.6) is 0 Å².